The molecule has 6 heteroatoms. The van der Waals surface area contributed by atoms with E-state index in [1.165, 1.54) is 10.9 Å². The zero-order valence-electron chi connectivity index (χ0n) is 24.4. The molecule has 0 fully saturated rings. The second-order valence-electron chi connectivity index (χ2n) is 10.9. The van der Waals surface area contributed by atoms with Gasteiger partial charge in [0.05, 0.1) is 6.42 Å². The van der Waals surface area contributed by atoms with Gasteiger partial charge in [-0.1, -0.05) is 91.0 Å². The van der Waals surface area contributed by atoms with Crippen LogP contribution in [0.3, 0.4) is 0 Å². The Morgan fingerprint density at radius 2 is 1.24 bits per heavy atom. The maximum atomic E-state index is 14.0. The first kappa shape index (κ1) is 28.7. The van der Waals surface area contributed by atoms with Crippen molar-refractivity contribution in [2.45, 2.75) is 25.9 Å². The van der Waals surface area contributed by atoms with E-state index in [9.17, 15) is 9.59 Å². The molecule has 0 saturated carbocycles. The lowest BCUT2D eigenvalue weighted by Gasteiger charge is -2.28. The van der Waals surface area contributed by atoms with Gasteiger partial charge in [-0.05, 0) is 46.9 Å². The van der Waals surface area contributed by atoms with E-state index in [1.807, 2.05) is 98.0 Å². The number of carbonyl (C=O) groups is 2. The zero-order valence-corrected chi connectivity index (χ0v) is 24.4. The zero-order chi connectivity index (χ0) is 29.3. The fourth-order valence-corrected chi connectivity index (χ4v) is 5.19. The second kappa shape index (κ2) is 13.7. The average Bonchev–Trinajstić information content (AvgIpc) is 3.43. The van der Waals surface area contributed by atoms with Crippen molar-refractivity contribution in [2.75, 3.05) is 32.1 Å². The van der Waals surface area contributed by atoms with Crippen molar-refractivity contribution in [1.29, 1.82) is 0 Å². The third kappa shape index (κ3) is 7.46. The molecule has 0 saturated heterocycles. The lowest BCUT2D eigenvalue weighted by atomic mass is 10.1. The van der Waals surface area contributed by atoms with Crippen LogP contribution in [0.2, 0.25) is 0 Å². The van der Waals surface area contributed by atoms with E-state index in [4.69, 9.17) is 0 Å². The average molecular weight is 559 g/mol. The monoisotopic (exact) mass is 558 g/mol. The Labute approximate surface area is 248 Å². The molecule has 6 nitrogen and oxygen atoms in total. The molecule has 214 valence electrons. The number of rotatable bonds is 12. The van der Waals surface area contributed by atoms with Gasteiger partial charge in [0.2, 0.25) is 11.8 Å². The van der Waals surface area contributed by atoms with Gasteiger partial charge in [0.15, 0.2) is 0 Å². The number of H-pyrrole nitrogens is 1. The maximum Gasteiger partial charge on any atom is 0.242 e. The van der Waals surface area contributed by atoms with Crippen LogP contribution in [0, 0.1) is 0 Å². The minimum atomic E-state index is -0.0659. The number of benzene rings is 4. The highest BCUT2D eigenvalue weighted by molar-refractivity contribution is 5.86. The highest BCUT2D eigenvalue weighted by Gasteiger charge is 2.23. The smallest absolute Gasteiger partial charge is 0.242 e. The number of aromatic amines is 1. The van der Waals surface area contributed by atoms with Crippen molar-refractivity contribution in [1.82, 2.24) is 14.8 Å². The molecule has 0 atom stereocenters. The first-order valence-electron chi connectivity index (χ1n) is 14.4. The Morgan fingerprint density at radius 3 is 1.93 bits per heavy atom. The largest absolute Gasteiger partial charge is 0.378 e. The number of para-hydroxylation sites is 1. The van der Waals surface area contributed by atoms with Gasteiger partial charge in [0, 0.05) is 56.5 Å². The molecule has 0 unspecified atom stereocenters. The lowest BCUT2D eigenvalue weighted by molar-refractivity contribution is -0.141. The summed E-state index contributed by atoms with van der Waals surface area (Å²) in [5.74, 6) is -0.130. The van der Waals surface area contributed by atoms with E-state index in [0.717, 1.165) is 27.9 Å². The van der Waals surface area contributed by atoms with Gasteiger partial charge in [0.1, 0.15) is 6.54 Å². The van der Waals surface area contributed by atoms with Crippen LogP contribution in [0.5, 0.6) is 0 Å². The van der Waals surface area contributed by atoms with Crippen LogP contribution in [0.1, 0.15) is 22.3 Å². The maximum absolute atomic E-state index is 14.0. The molecular weight excluding hydrogens is 520 g/mol. The molecule has 5 rings (SSSR count). The van der Waals surface area contributed by atoms with E-state index in [2.05, 4.69) is 46.3 Å². The van der Waals surface area contributed by atoms with Gasteiger partial charge in [-0.2, -0.15) is 0 Å². The molecule has 1 heterocycles. The summed E-state index contributed by atoms with van der Waals surface area (Å²) in [6.45, 7) is 1.42. The van der Waals surface area contributed by atoms with E-state index >= 15 is 0 Å². The molecule has 5 aromatic rings. The number of nitrogens with zero attached hydrogens (tertiary/aromatic N) is 3. The predicted octanol–water partition coefficient (Wildman–Crippen LogP) is 6.08. The second-order valence-corrected chi connectivity index (χ2v) is 10.9. The third-order valence-corrected chi connectivity index (χ3v) is 7.60. The van der Waals surface area contributed by atoms with Crippen LogP contribution in [-0.2, 0) is 35.5 Å². The molecule has 2 amide bonds. The van der Waals surface area contributed by atoms with Crippen LogP contribution < -0.4 is 4.90 Å². The predicted molar refractivity (Wildman–Crippen MR) is 170 cm³/mol. The van der Waals surface area contributed by atoms with Crippen molar-refractivity contribution in [3.8, 4) is 0 Å². The quantitative estimate of drug-likeness (QED) is 0.202. The van der Waals surface area contributed by atoms with E-state index in [-0.39, 0.29) is 24.8 Å². The Morgan fingerprint density at radius 1 is 0.643 bits per heavy atom. The van der Waals surface area contributed by atoms with Gasteiger partial charge in [0.25, 0.3) is 0 Å². The molecule has 0 radical (unpaired) electrons. The molecule has 0 aliphatic rings. The summed E-state index contributed by atoms with van der Waals surface area (Å²) in [6.07, 6.45) is 2.99. The molecule has 0 bridgehead atoms. The summed E-state index contributed by atoms with van der Waals surface area (Å²) in [5, 5.41) is 1.17. The summed E-state index contributed by atoms with van der Waals surface area (Å²) < 4.78 is 0. The standard InChI is InChI=1S/C36H38N4O2/c1-38(2)32-19-17-30(18-20-32)25-39(22-21-31-24-37-34-16-10-9-15-33(31)34)36(42)27-40(26-29-13-7-4-8-14-29)35(41)23-28-11-5-3-6-12-28/h3-20,24,37H,21-23,25-27H2,1-2H3. The van der Waals surface area contributed by atoms with Crippen molar-refractivity contribution in [2.24, 2.45) is 0 Å². The Hall–Kier alpha value is -4.84. The fourth-order valence-electron chi connectivity index (χ4n) is 5.19. The van der Waals surface area contributed by atoms with Gasteiger partial charge in [-0.15, -0.1) is 0 Å². The fraction of sp³-hybridized carbons (Fsp3) is 0.222. The number of amides is 2. The number of hydrogen-bond acceptors (Lipinski definition) is 3. The van der Waals surface area contributed by atoms with Crippen molar-refractivity contribution < 1.29 is 9.59 Å². The lowest BCUT2D eigenvalue weighted by Crippen LogP contribution is -2.43. The van der Waals surface area contributed by atoms with Crippen LogP contribution >= 0.6 is 0 Å². The van der Waals surface area contributed by atoms with Crippen molar-refractivity contribution in [3.05, 3.63) is 138 Å². The van der Waals surface area contributed by atoms with Gasteiger partial charge in [-0.3, -0.25) is 9.59 Å². The molecule has 1 aromatic heterocycles. The molecule has 0 spiro atoms. The Kier molecular flexibility index (Phi) is 9.34. The number of nitrogens with one attached hydrogen (secondary N) is 1. The van der Waals surface area contributed by atoms with Crippen LogP contribution in [0.25, 0.3) is 10.9 Å². The van der Waals surface area contributed by atoms with Gasteiger partial charge >= 0.3 is 0 Å². The molecule has 0 aliphatic carbocycles. The topological polar surface area (TPSA) is 59.7 Å². The van der Waals surface area contributed by atoms with E-state index < -0.39 is 0 Å². The number of carbonyl (C=O) groups excluding carboxylic acids is 2. The molecule has 42 heavy (non-hydrogen) atoms. The van der Waals surface area contributed by atoms with Crippen molar-refractivity contribution in [3.63, 3.8) is 0 Å². The number of hydrogen-bond donors (Lipinski definition) is 1. The van der Waals surface area contributed by atoms with Crippen LogP contribution in [0.4, 0.5) is 5.69 Å². The first-order valence-corrected chi connectivity index (χ1v) is 14.4. The molecular formula is C36H38N4O2. The minimum absolute atomic E-state index is 0.0181. The summed E-state index contributed by atoms with van der Waals surface area (Å²) in [4.78, 5) is 36.6. The summed E-state index contributed by atoms with van der Waals surface area (Å²) in [6, 6.07) is 36.1. The van der Waals surface area contributed by atoms with E-state index in [0.29, 0.717) is 26.1 Å². The summed E-state index contributed by atoms with van der Waals surface area (Å²) in [5.41, 5.74) is 6.36. The van der Waals surface area contributed by atoms with Gasteiger partial charge < -0.3 is 19.7 Å². The Balaban J connectivity index is 1.37. The third-order valence-electron chi connectivity index (χ3n) is 7.60. The van der Waals surface area contributed by atoms with Crippen LogP contribution in [-0.4, -0.2) is 53.8 Å². The first-order chi connectivity index (χ1) is 20.5. The van der Waals surface area contributed by atoms with Crippen molar-refractivity contribution >= 4 is 28.4 Å². The molecule has 4 aromatic carbocycles. The summed E-state index contributed by atoms with van der Waals surface area (Å²) >= 11 is 0. The van der Waals surface area contributed by atoms with Gasteiger partial charge in [-0.25, -0.2) is 0 Å². The number of aromatic nitrogens is 1. The molecule has 1 N–H and O–H groups in total. The van der Waals surface area contributed by atoms with Crippen LogP contribution in [0.15, 0.2) is 115 Å². The minimum Gasteiger partial charge on any atom is -0.378 e. The summed E-state index contributed by atoms with van der Waals surface area (Å²) in [7, 11) is 4.03. The SMILES string of the molecule is CN(C)c1ccc(CN(CCc2c[nH]c3ccccc23)C(=O)CN(Cc2ccccc2)C(=O)Cc2ccccc2)cc1. The highest BCUT2D eigenvalue weighted by atomic mass is 16.2. The number of fused-ring (bicyclic) bond motifs is 1. The molecule has 0 aliphatic heterocycles. The van der Waals surface area contributed by atoms with E-state index in [1.54, 1.807) is 4.90 Å². The normalized spacial score (nSPS) is 10.9. The number of anilines is 1. The Bertz CT molecular complexity index is 1590. The highest BCUT2D eigenvalue weighted by Crippen LogP contribution is 2.20.